The van der Waals surface area contributed by atoms with Crippen LogP contribution in [0.2, 0.25) is 10.0 Å². The lowest BCUT2D eigenvalue weighted by Gasteiger charge is -2.26. The maximum Gasteiger partial charge on any atom is 0.440 e. The van der Waals surface area contributed by atoms with Gasteiger partial charge in [0.1, 0.15) is 5.84 Å². The lowest BCUT2D eigenvalue weighted by atomic mass is 10.1. The summed E-state index contributed by atoms with van der Waals surface area (Å²) in [5, 5.41) is 10.5. The maximum absolute atomic E-state index is 13.4. The van der Waals surface area contributed by atoms with Crippen LogP contribution in [0.15, 0.2) is 52.4 Å². The molecule has 1 atom stereocenters. The molecular weight excluding hydrogens is 440 g/mol. The van der Waals surface area contributed by atoms with E-state index < -0.39 is 28.3 Å². The number of aliphatic hydroxyl groups is 1. The van der Waals surface area contributed by atoms with Crippen LogP contribution in [-0.2, 0) is 9.84 Å². The Morgan fingerprint density at radius 3 is 2.25 bits per heavy atom. The smallest absolute Gasteiger partial charge is 0.361 e. The van der Waals surface area contributed by atoms with Crippen LogP contribution in [0.1, 0.15) is 5.56 Å². The van der Waals surface area contributed by atoms with Crippen LogP contribution in [-0.4, -0.2) is 44.1 Å². The first-order chi connectivity index (χ1) is 12.8. The van der Waals surface area contributed by atoms with Crippen molar-refractivity contribution in [1.82, 2.24) is 0 Å². The van der Waals surface area contributed by atoms with Gasteiger partial charge in [-0.25, -0.2) is 13.4 Å². The molecule has 1 aliphatic rings. The third-order valence-electron chi connectivity index (χ3n) is 4.12. The third-order valence-corrected chi connectivity index (χ3v) is 5.79. The number of sulfone groups is 1. The highest BCUT2D eigenvalue weighted by atomic mass is 35.5. The molecule has 0 aliphatic carbocycles. The van der Waals surface area contributed by atoms with Crippen molar-refractivity contribution in [1.29, 1.82) is 0 Å². The van der Waals surface area contributed by atoms with E-state index in [2.05, 4.69) is 4.99 Å². The predicted octanol–water partition coefficient (Wildman–Crippen LogP) is 3.91. The number of hydrogen-bond donors (Lipinski definition) is 1. The zero-order valence-electron chi connectivity index (χ0n) is 14.2. The monoisotopic (exact) mass is 452 g/mol. The summed E-state index contributed by atoms with van der Waals surface area (Å²) in [4.78, 5) is 4.62. The van der Waals surface area contributed by atoms with Crippen LogP contribution in [0, 0.1) is 0 Å². The summed E-state index contributed by atoms with van der Waals surface area (Å²) in [5.74, 6) is -0.205. The van der Waals surface area contributed by atoms with Gasteiger partial charge in [-0.3, -0.25) is 0 Å². The fourth-order valence-corrected chi connectivity index (χ4v) is 3.83. The normalized spacial score (nSPS) is 20.4. The number of halogens is 5. The van der Waals surface area contributed by atoms with E-state index >= 15 is 0 Å². The minimum atomic E-state index is -5.03. The van der Waals surface area contributed by atoms with Gasteiger partial charge in [-0.05, 0) is 42.5 Å². The van der Waals surface area contributed by atoms with Crippen LogP contribution in [0.3, 0.4) is 0 Å². The van der Waals surface area contributed by atoms with Gasteiger partial charge in [-0.15, -0.1) is 0 Å². The van der Waals surface area contributed by atoms with Crippen LogP contribution in [0.25, 0.3) is 0 Å². The molecule has 0 aromatic heterocycles. The van der Waals surface area contributed by atoms with Gasteiger partial charge in [0.25, 0.3) is 5.72 Å². The van der Waals surface area contributed by atoms with Crippen molar-refractivity contribution in [2.24, 2.45) is 4.99 Å². The predicted molar refractivity (Wildman–Crippen MR) is 101 cm³/mol. The average Bonchev–Trinajstić information content (AvgIpc) is 2.93. The van der Waals surface area contributed by atoms with Gasteiger partial charge in [-0.1, -0.05) is 23.2 Å². The van der Waals surface area contributed by atoms with E-state index in [0.29, 0.717) is 0 Å². The minimum Gasteiger partial charge on any atom is -0.361 e. The number of amidine groups is 1. The first kappa shape index (κ1) is 20.9. The molecule has 5 nitrogen and oxygen atoms in total. The van der Waals surface area contributed by atoms with E-state index in [1.807, 2.05) is 0 Å². The van der Waals surface area contributed by atoms with E-state index in [1.165, 1.54) is 42.5 Å². The van der Waals surface area contributed by atoms with Crippen molar-refractivity contribution in [3.05, 3.63) is 58.1 Å². The summed E-state index contributed by atoms with van der Waals surface area (Å²) < 4.78 is 63.4. The number of β-amino-alcohol motifs (C(OH)–C–C–N with tert-alkyl or cyclic N) is 1. The quantitative estimate of drug-likeness (QED) is 0.765. The number of aliphatic imine (C=N–C) groups is 1. The summed E-state index contributed by atoms with van der Waals surface area (Å²) in [6.07, 6.45) is -4.02. The molecule has 0 spiro atoms. The molecule has 0 saturated heterocycles. The molecule has 11 heteroatoms. The molecule has 150 valence electrons. The highest BCUT2D eigenvalue weighted by Crippen LogP contribution is 2.41. The van der Waals surface area contributed by atoms with Crippen molar-refractivity contribution in [3.63, 3.8) is 0 Å². The zero-order valence-corrected chi connectivity index (χ0v) is 16.5. The van der Waals surface area contributed by atoms with E-state index in [9.17, 15) is 26.7 Å². The number of alkyl halides is 3. The molecule has 3 rings (SSSR count). The highest BCUT2D eigenvalue weighted by Gasteiger charge is 2.59. The summed E-state index contributed by atoms with van der Waals surface area (Å²) in [6.45, 7) is -0.916. The molecule has 0 radical (unpaired) electrons. The van der Waals surface area contributed by atoms with E-state index in [-0.39, 0.29) is 32.0 Å². The van der Waals surface area contributed by atoms with Gasteiger partial charge in [0.2, 0.25) is 0 Å². The number of benzene rings is 2. The van der Waals surface area contributed by atoms with Gasteiger partial charge >= 0.3 is 6.18 Å². The van der Waals surface area contributed by atoms with Gasteiger partial charge < -0.3 is 10.0 Å². The SMILES string of the molecule is CS(=O)(=O)c1ccc(C2=NC(O)(C(F)(F)F)CN2c2ccc(Cl)cc2Cl)cc1. The second kappa shape index (κ2) is 6.91. The van der Waals surface area contributed by atoms with Crippen LogP contribution >= 0.6 is 23.2 Å². The number of nitrogens with zero attached hydrogens (tertiary/aromatic N) is 2. The average molecular weight is 453 g/mol. The Morgan fingerprint density at radius 1 is 1.14 bits per heavy atom. The van der Waals surface area contributed by atoms with Gasteiger partial charge in [0, 0.05) is 16.8 Å². The molecule has 1 heterocycles. The van der Waals surface area contributed by atoms with E-state index in [4.69, 9.17) is 23.2 Å². The number of hydrogen-bond acceptors (Lipinski definition) is 5. The standard InChI is InChI=1S/C17H13Cl2F3N2O3S/c1-28(26,27)12-5-2-10(3-6-12)15-23-16(25,17(20,21)22)9-24(15)14-7-4-11(18)8-13(14)19/h2-8,25H,9H2,1H3. The molecule has 1 N–H and O–H groups in total. The lowest BCUT2D eigenvalue weighted by molar-refractivity contribution is -0.249. The molecule has 0 fully saturated rings. The topological polar surface area (TPSA) is 70.0 Å². The Bertz CT molecular complexity index is 1060. The van der Waals surface area contributed by atoms with Crippen LogP contribution < -0.4 is 4.90 Å². The second-order valence-corrected chi connectivity index (χ2v) is 9.09. The largest absolute Gasteiger partial charge is 0.440 e. The fourth-order valence-electron chi connectivity index (χ4n) is 2.69. The summed E-state index contributed by atoms with van der Waals surface area (Å²) in [7, 11) is -3.48. The summed E-state index contributed by atoms with van der Waals surface area (Å²) >= 11 is 12.0. The third kappa shape index (κ3) is 3.84. The van der Waals surface area contributed by atoms with Gasteiger partial charge in [0.15, 0.2) is 9.84 Å². The summed E-state index contributed by atoms with van der Waals surface area (Å²) in [5.41, 5.74) is -3.00. The first-order valence-electron chi connectivity index (χ1n) is 7.74. The highest BCUT2D eigenvalue weighted by molar-refractivity contribution is 7.90. The van der Waals surface area contributed by atoms with Crippen molar-refractivity contribution >= 4 is 44.6 Å². The Kier molecular flexibility index (Phi) is 5.16. The van der Waals surface area contributed by atoms with Crippen LogP contribution in [0.5, 0.6) is 0 Å². The molecule has 0 saturated carbocycles. The Morgan fingerprint density at radius 2 is 1.75 bits per heavy atom. The Balaban J connectivity index is 2.13. The number of anilines is 1. The molecule has 0 amide bonds. The Labute approximate surface area is 168 Å². The van der Waals surface area contributed by atoms with Crippen molar-refractivity contribution in [2.75, 3.05) is 17.7 Å². The zero-order chi connectivity index (χ0) is 20.9. The molecule has 28 heavy (non-hydrogen) atoms. The molecule has 1 aliphatic heterocycles. The maximum atomic E-state index is 13.4. The second-order valence-electron chi connectivity index (χ2n) is 6.23. The summed E-state index contributed by atoms with van der Waals surface area (Å²) in [6, 6.07) is 9.33. The van der Waals surface area contributed by atoms with Gasteiger partial charge in [-0.2, -0.15) is 13.2 Å². The first-order valence-corrected chi connectivity index (χ1v) is 10.4. The molecule has 2 aromatic rings. The van der Waals surface area contributed by atoms with Crippen LogP contribution in [0.4, 0.5) is 18.9 Å². The van der Waals surface area contributed by atoms with E-state index in [1.54, 1.807) is 0 Å². The van der Waals surface area contributed by atoms with Crippen molar-refractivity contribution < 1.29 is 26.7 Å². The molecule has 0 bridgehead atoms. The minimum absolute atomic E-state index is 0.00277. The number of rotatable bonds is 3. The molecule has 2 aromatic carbocycles. The van der Waals surface area contributed by atoms with Crippen molar-refractivity contribution in [2.45, 2.75) is 16.8 Å². The molecule has 1 unspecified atom stereocenters. The van der Waals surface area contributed by atoms with E-state index in [0.717, 1.165) is 11.2 Å². The van der Waals surface area contributed by atoms with Gasteiger partial charge in [0.05, 0.1) is 22.2 Å². The van der Waals surface area contributed by atoms with Crippen molar-refractivity contribution in [3.8, 4) is 0 Å². The fraction of sp³-hybridized carbons (Fsp3) is 0.235. The Hall–Kier alpha value is -1.81. The molecular formula is C17H13Cl2F3N2O3S. The lowest BCUT2D eigenvalue weighted by Crippen LogP contribution is -2.47.